The summed E-state index contributed by atoms with van der Waals surface area (Å²) in [5.41, 5.74) is 0.737. The topological polar surface area (TPSA) is 116 Å². The molecule has 33 heavy (non-hydrogen) atoms. The molecule has 2 amide bonds. The summed E-state index contributed by atoms with van der Waals surface area (Å²) in [6.07, 6.45) is 5.52. The molecule has 0 aromatic heterocycles. The Morgan fingerprint density at radius 3 is 2.15 bits per heavy atom. The van der Waals surface area contributed by atoms with E-state index >= 15 is 0 Å². The molecule has 178 valence electrons. The van der Waals surface area contributed by atoms with E-state index in [1.165, 1.54) is 40.7 Å². The number of carbonyl (C=O) groups is 2. The van der Waals surface area contributed by atoms with E-state index in [2.05, 4.69) is 10.6 Å². The highest BCUT2D eigenvalue weighted by Gasteiger charge is 2.29. The SMILES string of the molecule is CN(C1CCCCC1)S(=O)(=O)c1ccc(C(=O)NCCCNC(=O)c2cccc(O)c2)cc1. The third-order valence-corrected chi connectivity index (χ3v) is 7.84. The fourth-order valence-electron chi connectivity index (χ4n) is 3.93. The lowest BCUT2D eigenvalue weighted by molar-refractivity contribution is 0.0951. The summed E-state index contributed by atoms with van der Waals surface area (Å²) >= 11 is 0. The third kappa shape index (κ3) is 6.55. The number of carbonyl (C=O) groups excluding carboxylic acids is 2. The van der Waals surface area contributed by atoms with Gasteiger partial charge in [0, 0.05) is 37.3 Å². The zero-order chi connectivity index (χ0) is 23.8. The van der Waals surface area contributed by atoms with Crippen molar-refractivity contribution in [3.8, 4) is 5.75 Å². The van der Waals surface area contributed by atoms with Crippen LogP contribution in [-0.4, -0.2) is 55.8 Å². The third-order valence-electron chi connectivity index (χ3n) is 5.92. The van der Waals surface area contributed by atoms with Crippen LogP contribution in [0.15, 0.2) is 53.4 Å². The minimum atomic E-state index is -3.59. The van der Waals surface area contributed by atoms with Gasteiger partial charge in [-0.05, 0) is 61.7 Å². The van der Waals surface area contributed by atoms with E-state index in [-0.39, 0.29) is 28.5 Å². The quantitative estimate of drug-likeness (QED) is 0.485. The molecule has 3 rings (SSSR count). The summed E-state index contributed by atoms with van der Waals surface area (Å²) in [6, 6.07) is 12.1. The van der Waals surface area contributed by atoms with Crippen molar-refractivity contribution in [2.24, 2.45) is 0 Å². The van der Waals surface area contributed by atoms with E-state index in [9.17, 15) is 23.1 Å². The van der Waals surface area contributed by atoms with E-state index < -0.39 is 10.0 Å². The van der Waals surface area contributed by atoms with Crippen molar-refractivity contribution in [3.05, 3.63) is 59.7 Å². The second kappa shape index (κ2) is 11.3. The molecule has 0 heterocycles. The van der Waals surface area contributed by atoms with E-state index in [1.807, 2.05) is 0 Å². The minimum Gasteiger partial charge on any atom is -0.508 e. The molecule has 1 aliphatic rings. The molecule has 1 aliphatic carbocycles. The molecule has 0 aliphatic heterocycles. The van der Waals surface area contributed by atoms with Gasteiger partial charge in [-0.1, -0.05) is 25.3 Å². The van der Waals surface area contributed by atoms with Crippen molar-refractivity contribution in [2.75, 3.05) is 20.1 Å². The van der Waals surface area contributed by atoms with E-state index in [0.717, 1.165) is 32.1 Å². The van der Waals surface area contributed by atoms with Gasteiger partial charge in [0.1, 0.15) is 5.75 Å². The van der Waals surface area contributed by atoms with Gasteiger partial charge in [0.2, 0.25) is 10.0 Å². The van der Waals surface area contributed by atoms with Gasteiger partial charge in [-0.15, -0.1) is 0 Å². The van der Waals surface area contributed by atoms with Crippen molar-refractivity contribution in [3.63, 3.8) is 0 Å². The molecule has 9 heteroatoms. The van der Waals surface area contributed by atoms with Gasteiger partial charge in [0.15, 0.2) is 0 Å². The molecular formula is C24H31N3O5S. The minimum absolute atomic E-state index is 0.0226. The molecular weight excluding hydrogens is 442 g/mol. The van der Waals surface area contributed by atoms with E-state index in [1.54, 1.807) is 19.2 Å². The second-order valence-corrected chi connectivity index (χ2v) is 10.3. The van der Waals surface area contributed by atoms with Gasteiger partial charge < -0.3 is 15.7 Å². The average molecular weight is 474 g/mol. The summed E-state index contributed by atoms with van der Waals surface area (Å²) in [5.74, 6) is -0.583. The second-order valence-electron chi connectivity index (χ2n) is 8.25. The molecule has 0 saturated heterocycles. The Morgan fingerprint density at radius 2 is 1.55 bits per heavy atom. The number of hydrogen-bond donors (Lipinski definition) is 3. The van der Waals surface area contributed by atoms with Crippen molar-refractivity contribution >= 4 is 21.8 Å². The Bertz CT molecular complexity index is 1060. The zero-order valence-electron chi connectivity index (χ0n) is 18.8. The normalized spacial score (nSPS) is 14.7. The van der Waals surface area contributed by atoms with Gasteiger partial charge in [0.05, 0.1) is 4.90 Å². The maximum absolute atomic E-state index is 12.9. The number of nitrogens with zero attached hydrogens (tertiary/aromatic N) is 1. The molecule has 2 aromatic carbocycles. The predicted molar refractivity (Wildman–Crippen MR) is 126 cm³/mol. The Hall–Kier alpha value is -2.91. The zero-order valence-corrected chi connectivity index (χ0v) is 19.6. The Labute approximate surface area is 195 Å². The lowest BCUT2D eigenvalue weighted by Gasteiger charge is -2.30. The predicted octanol–water partition coefficient (Wildman–Crippen LogP) is 2.90. The van der Waals surface area contributed by atoms with Gasteiger partial charge in [-0.25, -0.2) is 8.42 Å². The largest absolute Gasteiger partial charge is 0.508 e. The lowest BCUT2D eigenvalue weighted by atomic mass is 9.96. The number of phenolic OH excluding ortho intramolecular Hbond substituents is 1. The van der Waals surface area contributed by atoms with Crippen LogP contribution in [0.2, 0.25) is 0 Å². The summed E-state index contributed by atoms with van der Waals surface area (Å²) < 4.78 is 27.3. The molecule has 1 fully saturated rings. The van der Waals surface area contributed by atoms with Gasteiger partial charge in [-0.3, -0.25) is 9.59 Å². The van der Waals surface area contributed by atoms with Gasteiger partial charge in [-0.2, -0.15) is 4.31 Å². The number of sulfonamides is 1. The number of rotatable bonds is 9. The highest BCUT2D eigenvalue weighted by molar-refractivity contribution is 7.89. The van der Waals surface area contributed by atoms with E-state index in [4.69, 9.17) is 0 Å². The van der Waals surface area contributed by atoms with Crippen LogP contribution in [0.1, 0.15) is 59.2 Å². The number of amides is 2. The van der Waals surface area contributed by atoms with E-state index in [0.29, 0.717) is 30.6 Å². The number of nitrogens with one attached hydrogen (secondary N) is 2. The average Bonchev–Trinajstić information content (AvgIpc) is 2.83. The Morgan fingerprint density at radius 1 is 0.939 bits per heavy atom. The van der Waals surface area contributed by atoms with Crippen LogP contribution >= 0.6 is 0 Å². The lowest BCUT2D eigenvalue weighted by Crippen LogP contribution is -2.38. The van der Waals surface area contributed by atoms with Crippen LogP contribution in [0, 0.1) is 0 Å². The summed E-state index contributed by atoms with van der Waals surface area (Å²) in [6.45, 7) is 0.711. The summed E-state index contributed by atoms with van der Waals surface area (Å²) in [4.78, 5) is 24.6. The monoisotopic (exact) mass is 473 g/mol. The molecule has 1 saturated carbocycles. The highest BCUT2D eigenvalue weighted by atomic mass is 32.2. The summed E-state index contributed by atoms with van der Waals surface area (Å²) in [7, 11) is -1.96. The number of benzene rings is 2. The first-order valence-corrected chi connectivity index (χ1v) is 12.7. The van der Waals surface area contributed by atoms with Crippen molar-refractivity contribution in [1.82, 2.24) is 14.9 Å². The van der Waals surface area contributed by atoms with Crippen molar-refractivity contribution in [2.45, 2.75) is 49.5 Å². The standard InChI is InChI=1S/C24H31N3O5S/c1-27(20-8-3-2-4-9-20)33(31,32)22-13-11-18(12-14-22)23(29)25-15-6-16-26-24(30)19-7-5-10-21(28)17-19/h5,7,10-14,17,20,28H,2-4,6,8-9,15-16H2,1H3,(H,25,29)(H,26,30). The first-order chi connectivity index (χ1) is 15.8. The molecule has 0 atom stereocenters. The fraction of sp³-hybridized carbons (Fsp3) is 0.417. The Kier molecular flexibility index (Phi) is 8.46. The molecule has 8 nitrogen and oxygen atoms in total. The first-order valence-electron chi connectivity index (χ1n) is 11.2. The van der Waals surface area contributed by atoms with Crippen molar-refractivity contribution in [1.29, 1.82) is 0 Å². The van der Waals surface area contributed by atoms with Crippen molar-refractivity contribution < 1.29 is 23.1 Å². The van der Waals surface area contributed by atoms with Crippen LogP contribution < -0.4 is 10.6 Å². The molecule has 3 N–H and O–H groups in total. The maximum Gasteiger partial charge on any atom is 0.251 e. The Balaban J connectivity index is 1.45. The molecule has 0 bridgehead atoms. The first kappa shape index (κ1) is 24.7. The molecule has 0 unspecified atom stereocenters. The van der Waals surface area contributed by atoms with Gasteiger partial charge >= 0.3 is 0 Å². The highest BCUT2D eigenvalue weighted by Crippen LogP contribution is 2.26. The number of phenols is 1. The fourth-order valence-corrected chi connectivity index (χ4v) is 5.34. The van der Waals surface area contributed by atoms with Gasteiger partial charge in [0.25, 0.3) is 11.8 Å². The smallest absolute Gasteiger partial charge is 0.251 e. The van der Waals surface area contributed by atoms with Crippen LogP contribution in [0.25, 0.3) is 0 Å². The van der Waals surface area contributed by atoms with Crippen LogP contribution in [0.5, 0.6) is 5.75 Å². The maximum atomic E-state index is 12.9. The van der Waals surface area contributed by atoms with Crippen LogP contribution in [0.4, 0.5) is 0 Å². The summed E-state index contributed by atoms with van der Waals surface area (Å²) in [5, 5.41) is 14.9. The molecule has 0 spiro atoms. The van der Waals surface area contributed by atoms with Crippen LogP contribution in [0.3, 0.4) is 0 Å². The number of hydrogen-bond acceptors (Lipinski definition) is 5. The molecule has 2 aromatic rings. The molecule has 0 radical (unpaired) electrons. The van der Waals surface area contributed by atoms with Crippen LogP contribution in [-0.2, 0) is 10.0 Å². The number of aromatic hydroxyl groups is 1.